The maximum Gasteiger partial charge on any atom is 0.125 e. The highest BCUT2D eigenvalue weighted by molar-refractivity contribution is 5.82. The molecule has 1 N–H and O–H groups in total. The number of nitrogens with zero attached hydrogens (tertiary/aromatic N) is 1. The first-order chi connectivity index (χ1) is 21.3. The van der Waals surface area contributed by atoms with E-state index in [2.05, 4.69) is 118 Å². The monoisotopic (exact) mass is 604 g/mol. The summed E-state index contributed by atoms with van der Waals surface area (Å²) in [5.74, 6) is 1.72. The highest BCUT2D eigenvalue weighted by Crippen LogP contribution is 2.33. The standard InChI is InChI=1S/C21H32N2O2.C11H10.C3H8.C2H4O.C2H6/c1-6-10-23(11-7-2)15-17-8-9-22-19(12-17)18-13-20(24-4)16(3)21(14-18)25-5;1-9-6-7-10-4-2-3-5-11(10)8-9;1-3-2;1-2-3;1-2/h8-9,12-14,19,22H,6-7,10-11,15H2,1-5H3;2-8H,1H3;3H2,1-2H3;2H,1H3;1-2H3. The van der Waals surface area contributed by atoms with Crippen LogP contribution in [0.25, 0.3) is 10.8 Å². The minimum atomic E-state index is 0.133. The summed E-state index contributed by atoms with van der Waals surface area (Å²) in [6, 6.07) is 19.2. The number of hydrogen-bond donors (Lipinski definition) is 1. The maximum absolute atomic E-state index is 8.81. The van der Waals surface area contributed by atoms with Crippen LogP contribution in [-0.2, 0) is 4.79 Å². The SMILES string of the molecule is CC.CC=O.CCC.CCCN(CCC)CC1=CC(c2cc(OC)c(C)c(OC)c2)NC=C1.Cc1ccc2ccccc2c1. The number of aldehydes is 1. The molecule has 3 aromatic rings. The maximum atomic E-state index is 8.81. The Morgan fingerprint density at radius 1 is 0.841 bits per heavy atom. The number of dihydropyridines is 1. The van der Waals surface area contributed by atoms with Crippen molar-refractivity contribution in [3.05, 3.63) is 95.2 Å². The van der Waals surface area contributed by atoms with Crippen LogP contribution in [0.5, 0.6) is 11.5 Å². The van der Waals surface area contributed by atoms with Crippen molar-refractivity contribution in [1.29, 1.82) is 0 Å². The Bertz CT molecular complexity index is 1220. The Kier molecular flexibility index (Phi) is 22.8. The molecule has 44 heavy (non-hydrogen) atoms. The molecule has 1 aliphatic rings. The Labute approximate surface area is 269 Å². The van der Waals surface area contributed by atoms with E-state index in [-0.39, 0.29) is 6.04 Å². The molecule has 244 valence electrons. The number of carbonyl (C=O) groups is 1. The lowest BCUT2D eigenvalue weighted by atomic mass is 9.99. The summed E-state index contributed by atoms with van der Waals surface area (Å²) in [7, 11) is 3.41. The minimum absolute atomic E-state index is 0.133. The van der Waals surface area contributed by atoms with E-state index in [1.165, 1.54) is 48.1 Å². The molecule has 0 aliphatic carbocycles. The third-order valence-electron chi connectivity index (χ3n) is 6.48. The zero-order valence-corrected chi connectivity index (χ0v) is 29.5. The number of rotatable bonds is 9. The fraction of sp³-hybridized carbons (Fsp3) is 0.462. The molecule has 5 heteroatoms. The zero-order chi connectivity index (χ0) is 33.3. The first kappa shape index (κ1) is 40.4. The molecule has 1 unspecified atom stereocenters. The molecular weight excluding hydrogens is 544 g/mol. The van der Waals surface area contributed by atoms with Gasteiger partial charge in [-0.1, -0.05) is 102 Å². The van der Waals surface area contributed by atoms with Crippen molar-refractivity contribution in [1.82, 2.24) is 10.2 Å². The molecule has 4 rings (SSSR count). The van der Waals surface area contributed by atoms with E-state index in [0.717, 1.165) is 48.5 Å². The molecule has 0 bridgehead atoms. The van der Waals surface area contributed by atoms with Crippen LogP contribution >= 0.6 is 0 Å². The van der Waals surface area contributed by atoms with Crippen molar-refractivity contribution >= 4 is 17.1 Å². The largest absolute Gasteiger partial charge is 0.496 e. The van der Waals surface area contributed by atoms with Gasteiger partial charge < -0.3 is 19.6 Å². The lowest BCUT2D eigenvalue weighted by molar-refractivity contribution is -0.106. The van der Waals surface area contributed by atoms with Crippen LogP contribution in [0.3, 0.4) is 0 Å². The van der Waals surface area contributed by atoms with Gasteiger partial charge in [0.2, 0.25) is 0 Å². The second kappa shape index (κ2) is 24.8. The highest BCUT2D eigenvalue weighted by Gasteiger charge is 2.17. The first-order valence-electron chi connectivity index (χ1n) is 16.2. The molecule has 0 saturated carbocycles. The average molecular weight is 605 g/mol. The zero-order valence-electron chi connectivity index (χ0n) is 29.5. The van der Waals surface area contributed by atoms with E-state index in [4.69, 9.17) is 14.3 Å². The van der Waals surface area contributed by atoms with Gasteiger partial charge in [0.25, 0.3) is 0 Å². The third-order valence-corrected chi connectivity index (χ3v) is 6.48. The Balaban J connectivity index is 0.000000797. The third kappa shape index (κ3) is 14.7. The first-order valence-corrected chi connectivity index (χ1v) is 16.2. The molecule has 1 aliphatic heterocycles. The van der Waals surface area contributed by atoms with Crippen molar-refractivity contribution in [2.45, 2.75) is 87.6 Å². The van der Waals surface area contributed by atoms with E-state index in [9.17, 15) is 0 Å². The van der Waals surface area contributed by atoms with Crippen LogP contribution in [0, 0.1) is 13.8 Å². The summed E-state index contributed by atoms with van der Waals surface area (Å²) < 4.78 is 11.0. The quantitative estimate of drug-likeness (QED) is 0.246. The van der Waals surface area contributed by atoms with Gasteiger partial charge in [-0.2, -0.15) is 0 Å². The number of carbonyl (C=O) groups excluding carboxylic acids is 1. The number of hydrogen-bond acceptors (Lipinski definition) is 5. The van der Waals surface area contributed by atoms with E-state index in [1.807, 2.05) is 20.8 Å². The second-order valence-corrected chi connectivity index (χ2v) is 10.3. The lowest BCUT2D eigenvalue weighted by Crippen LogP contribution is -2.29. The molecule has 0 saturated heterocycles. The number of aryl methyl sites for hydroxylation is 1. The van der Waals surface area contributed by atoms with Crippen LogP contribution in [0.15, 0.2) is 78.5 Å². The molecule has 1 heterocycles. The van der Waals surface area contributed by atoms with Crippen LogP contribution in [0.4, 0.5) is 0 Å². The van der Waals surface area contributed by atoms with Crippen LogP contribution < -0.4 is 14.8 Å². The normalized spacial score (nSPS) is 12.8. The van der Waals surface area contributed by atoms with Gasteiger partial charge in [0.15, 0.2) is 0 Å². The minimum Gasteiger partial charge on any atom is -0.496 e. The van der Waals surface area contributed by atoms with Crippen molar-refractivity contribution < 1.29 is 14.3 Å². The predicted octanol–water partition coefficient (Wildman–Crippen LogP) is 10.0. The number of methoxy groups -OCH3 is 2. The van der Waals surface area contributed by atoms with Crippen molar-refractivity contribution in [3.8, 4) is 11.5 Å². The predicted molar refractivity (Wildman–Crippen MR) is 192 cm³/mol. The summed E-state index contributed by atoms with van der Waals surface area (Å²) in [5.41, 5.74) is 4.85. The van der Waals surface area contributed by atoms with Gasteiger partial charge in [0.05, 0.1) is 20.3 Å². The van der Waals surface area contributed by atoms with E-state index >= 15 is 0 Å². The smallest absolute Gasteiger partial charge is 0.125 e. The summed E-state index contributed by atoms with van der Waals surface area (Å²) in [6.45, 7) is 21.6. The lowest BCUT2D eigenvalue weighted by Gasteiger charge is -2.26. The average Bonchev–Trinajstić information content (AvgIpc) is 3.03. The van der Waals surface area contributed by atoms with Crippen LogP contribution in [0.2, 0.25) is 0 Å². The molecule has 0 radical (unpaired) electrons. The molecule has 1 atom stereocenters. The second-order valence-electron chi connectivity index (χ2n) is 10.3. The van der Waals surface area contributed by atoms with Gasteiger partial charge in [0.1, 0.15) is 17.8 Å². The van der Waals surface area contributed by atoms with Crippen LogP contribution in [-0.4, -0.2) is 45.0 Å². The van der Waals surface area contributed by atoms with Gasteiger partial charge in [-0.05, 0) is 93.0 Å². The molecule has 0 spiro atoms. The van der Waals surface area contributed by atoms with Crippen molar-refractivity contribution in [2.75, 3.05) is 33.9 Å². The number of ether oxygens (including phenoxy) is 2. The van der Waals surface area contributed by atoms with Gasteiger partial charge in [-0.15, -0.1) is 0 Å². The Hall–Kier alpha value is -3.57. The molecule has 3 aromatic carbocycles. The summed E-state index contributed by atoms with van der Waals surface area (Å²) in [4.78, 5) is 11.3. The van der Waals surface area contributed by atoms with Crippen molar-refractivity contribution in [2.24, 2.45) is 0 Å². The fourth-order valence-electron chi connectivity index (χ4n) is 4.63. The molecule has 0 aromatic heterocycles. The Morgan fingerprint density at radius 2 is 1.36 bits per heavy atom. The van der Waals surface area contributed by atoms with Gasteiger partial charge in [0, 0.05) is 12.1 Å². The van der Waals surface area contributed by atoms with Gasteiger partial charge >= 0.3 is 0 Å². The molecule has 0 fully saturated rings. The summed E-state index contributed by atoms with van der Waals surface area (Å²) in [6.07, 6.45) is 10.9. The summed E-state index contributed by atoms with van der Waals surface area (Å²) in [5, 5.41) is 6.08. The van der Waals surface area contributed by atoms with Crippen molar-refractivity contribution in [3.63, 3.8) is 0 Å². The molecular formula is C39H60N2O3. The number of fused-ring (bicyclic) bond motifs is 1. The summed E-state index contributed by atoms with van der Waals surface area (Å²) >= 11 is 0. The van der Waals surface area contributed by atoms with E-state index < -0.39 is 0 Å². The Morgan fingerprint density at radius 3 is 1.86 bits per heavy atom. The van der Waals surface area contributed by atoms with Gasteiger partial charge in [-0.25, -0.2) is 0 Å². The molecule has 0 amide bonds. The van der Waals surface area contributed by atoms with E-state index in [0.29, 0.717) is 0 Å². The fourth-order valence-corrected chi connectivity index (χ4v) is 4.63. The topological polar surface area (TPSA) is 50.8 Å². The molecule has 5 nitrogen and oxygen atoms in total. The van der Waals surface area contributed by atoms with Gasteiger partial charge in [-0.3, -0.25) is 4.90 Å². The number of benzene rings is 3. The number of nitrogens with one attached hydrogen (secondary N) is 1. The van der Waals surface area contributed by atoms with Crippen LogP contribution in [0.1, 0.15) is 90.5 Å². The van der Waals surface area contributed by atoms with E-state index in [1.54, 1.807) is 14.2 Å². The highest BCUT2D eigenvalue weighted by atomic mass is 16.5.